The number of carbonyl (C=O) groups is 1. The van der Waals surface area contributed by atoms with Gasteiger partial charge in [-0.1, -0.05) is 6.92 Å². The predicted molar refractivity (Wildman–Crippen MR) is 52.4 cm³/mol. The van der Waals surface area contributed by atoms with Gasteiger partial charge in [-0.3, -0.25) is 4.79 Å². The Balaban J connectivity index is 4.00. The Morgan fingerprint density at radius 3 is 2.07 bits per heavy atom. The number of hydrogen-bond donors (Lipinski definition) is 0. The first-order valence-electron chi connectivity index (χ1n) is 5.17. The molecule has 0 bridgehead atoms. The second-order valence-corrected chi connectivity index (χ2v) is 3.55. The average Bonchev–Trinajstić information content (AvgIpc) is 2.14. The third kappa shape index (κ3) is 5.04. The van der Waals surface area contributed by atoms with E-state index in [2.05, 4.69) is 0 Å². The Hall–Kier alpha value is -0.740. The van der Waals surface area contributed by atoms with E-state index in [9.17, 15) is 18.0 Å². The van der Waals surface area contributed by atoms with Crippen LogP contribution in [0.15, 0.2) is 0 Å². The molecule has 0 aromatic heterocycles. The molecule has 1 unspecified atom stereocenters. The van der Waals surface area contributed by atoms with Gasteiger partial charge in [0.05, 0.1) is 5.92 Å². The van der Waals surface area contributed by atoms with E-state index < -0.39 is 12.1 Å². The summed E-state index contributed by atoms with van der Waals surface area (Å²) in [6.45, 7) is 5.84. The van der Waals surface area contributed by atoms with Crippen LogP contribution in [-0.4, -0.2) is 30.1 Å². The Labute approximate surface area is 88.4 Å². The van der Waals surface area contributed by atoms with Gasteiger partial charge < -0.3 is 4.90 Å². The fourth-order valence-electron chi connectivity index (χ4n) is 1.24. The molecule has 0 aromatic carbocycles. The molecular formula is C10H18F3NO. The fourth-order valence-corrected chi connectivity index (χ4v) is 1.24. The summed E-state index contributed by atoms with van der Waals surface area (Å²) in [6, 6.07) is 0. The van der Waals surface area contributed by atoms with E-state index in [1.54, 1.807) is 4.90 Å². The molecule has 0 saturated carbocycles. The summed E-state index contributed by atoms with van der Waals surface area (Å²) in [5.41, 5.74) is 0. The number of amides is 1. The maximum Gasteiger partial charge on any atom is 0.391 e. The first-order chi connectivity index (χ1) is 6.82. The lowest BCUT2D eigenvalue weighted by Gasteiger charge is -2.20. The van der Waals surface area contributed by atoms with Crippen molar-refractivity contribution in [2.45, 2.75) is 39.8 Å². The molecule has 0 rings (SSSR count). The molecule has 5 heteroatoms. The molecule has 1 amide bonds. The standard InChI is InChI=1S/C10H18F3NO/c1-4-14(5-2)9(15)7-6-8(3)10(11,12)13/h8H,4-7H2,1-3H3. The van der Waals surface area contributed by atoms with Gasteiger partial charge in [0, 0.05) is 19.5 Å². The van der Waals surface area contributed by atoms with E-state index in [1.807, 2.05) is 13.8 Å². The zero-order chi connectivity index (χ0) is 12.1. The van der Waals surface area contributed by atoms with Crippen molar-refractivity contribution in [3.05, 3.63) is 0 Å². The highest BCUT2D eigenvalue weighted by atomic mass is 19.4. The molecular weight excluding hydrogens is 207 g/mol. The van der Waals surface area contributed by atoms with Crippen molar-refractivity contribution in [3.63, 3.8) is 0 Å². The van der Waals surface area contributed by atoms with Crippen LogP contribution in [0.5, 0.6) is 0 Å². The summed E-state index contributed by atoms with van der Waals surface area (Å²) in [7, 11) is 0. The van der Waals surface area contributed by atoms with Gasteiger partial charge in [0.15, 0.2) is 0 Å². The second kappa shape index (κ2) is 5.98. The number of nitrogens with zero attached hydrogens (tertiary/aromatic N) is 1. The van der Waals surface area contributed by atoms with Crippen molar-refractivity contribution in [1.29, 1.82) is 0 Å². The van der Waals surface area contributed by atoms with Crippen LogP contribution < -0.4 is 0 Å². The van der Waals surface area contributed by atoms with Gasteiger partial charge >= 0.3 is 6.18 Å². The Morgan fingerprint density at radius 2 is 1.73 bits per heavy atom. The maximum absolute atomic E-state index is 12.1. The third-order valence-corrected chi connectivity index (χ3v) is 2.47. The summed E-state index contributed by atoms with van der Waals surface area (Å²) >= 11 is 0. The average molecular weight is 225 g/mol. The van der Waals surface area contributed by atoms with Crippen molar-refractivity contribution in [3.8, 4) is 0 Å². The highest BCUT2D eigenvalue weighted by Crippen LogP contribution is 2.29. The molecule has 0 aliphatic carbocycles. The van der Waals surface area contributed by atoms with Crippen LogP contribution in [0.3, 0.4) is 0 Å². The smallest absolute Gasteiger partial charge is 0.343 e. The van der Waals surface area contributed by atoms with Crippen molar-refractivity contribution in [2.24, 2.45) is 5.92 Å². The molecule has 1 atom stereocenters. The van der Waals surface area contributed by atoms with Crippen LogP contribution >= 0.6 is 0 Å². The molecule has 2 nitrogen and oxygen atoms in total. The van der Waals surface area contributed by atoms with Crippen LogP contribution in [0, 0.1) is 5.92 Å². The van der Waals surface area contributed by atoms with Crippen LogP contribution in [0.1, 0.15) is 33.6 Å². The second-order valence-electron chi connectivity index (χ2n) is 3.55. The van der Waals surface area contributed by atoms with Crippen LogP contribution in [0.4, 0.5) is 13.2 Å². The van der Waals surface area contributed by atoms with Crippen LogP contribution in [0.2, 0.25) is 0 Å². The van der Waals surface area contributed by atoms with E-state index in [-0.39, 0.29) is 18.7 Å². The van der Waals surface area contributed by atoms with E-state index in [0.29, 0.717) is 13.1 Å². The highest BCUT2D eigenvalue weighted by Gasteiger charge is 2.35. The minimum Gasteiger partial charge on any atom is -0.343 e. The van der Waals surface area contributed by atoms with Gasteiger partial charge in [0.2, 0.25) is 5.91 Å². The maximum atomic E-state index is 12.1. The normalized spacial score (nSPS) is 13.7. The first-order valence-corrected chi connectivity index (χ1v) is 5.17. The SMILES string of the molecule is CCN(CC)C(=O)CCC(C)C(F)(F)F. The number of halogens is 3. The van der Waals surface area contributed by atoms with Crippen molar-refractivity contribution in [2.75, 3.05) is 13.1 Å². The van der Waals surface area contributed by atoms with Gasteiger partial charge in [0.1, 0.15) is 0 Å². The Kier molecular flexibility index (Phi) is 5.68. The summed E-state index contributed by atoms with van der Waals surface area (Å²) in [5, 5.41) is 0. The molecule has 0 spiro atoms. The lowest BCUT2D eigenvalue weighted by molar-refractivity contribution is -0.172. The molecule has 0 heterocycles. The quantitative estimate of drug-likeness (QED) is 0.704. The van der Waals surface area contributed by atoms with E-state index >= 15 is 0 Å². The van der Waals surface area contributed by atoms with Gasteiger partial charge in [-0.15, -0.1) is 0 Å². The van der Waals surface area contributed by atoms with Crippen molar-refractivity contribution in [1.82, 2.24) is 4.90 Å². The first kappa shape index (κ1) is 14.3. The summed E-state index contributed by atoms with van der Waals surface area (Å²) < 4.78 is 36.4. The summed E-state index contributed by atoms with van der Waals surface area (Å²) in [6.07, 6.45) is -4.34. The highest BCUT2D eigenvalue weighted by molar-refractivity contribution is 5.76. The lowest BCUT2D eigenvalue weighted by atomic mass is 10.0. The monoisotopic (exact) mass is 225 g/mol. The zero-order valence-corrected chi connectivity index (χ0v) is 9.40. The number of alkyl halides is 3. The van der Waals surface area contributed by atoms with E-state index in [0.717, 1.165) is 6.92 Å². The molecule has 15 heavy (non-hydrogen) atoms. The van der Waals surface area contributed by atoms with Crippen LogP contribution in [-0.2, 0) is 4.79 Å². The molecule has 0 saturated heterocycles. The molecule has 0 radical (unpaired) electrons. The third-order valence-electron chi connectivity index (χ3n) is 2.47. The van der Waals surface area contributed by atoms with Gasteiger partial charge in [-0.2, -0.15) is 13.2 Å². The molecule has 0 fully saturated rings. The minimum atomic E-state index is -4.19. The van der Waals surface area contributed by atoms with Crippen molar-refractivity contribution < 1.29 is 18.0 Å². The van der Waals surface area contributed by atoms with E-state index in [4.69, 9.17) is 0 Å². The van der Waals surface area contributed by atoms with Gasteiger partial charge in [-0.05, 0) is 20.3 Å². The molecule has 0 aromatic rings. The molecule has 90 valence electrons. The molecule has 0 aliphatic heterocycles. The number of rotatable bonds is 5. The zero-order valence-electron chi connectivity index (χ0n) is 9.40. The van der Waals surface area contributed by atoms with Crippen LogP contribution in [0.25, 0.3) is 0 Å². The van der Waals surface area contributed by atoms with Gasteiger partial charge in [0.25, 0.3) is 0 Å². The largest absolute Gasteiger partial charge is 0.391 e. The van der Waals surface area contributed by atoms with E-state index in [1.165, 1.54) is 0 Å². The van der Waals surface area contributed by atoms with Gasteiger partial charge in [-0.25, -0.2) is 0 Å². The van der Waals surface area contributed by atoms with Crippen molar-refractivity contribution >= 4 is 5.91 Å². The Morgan fingerprint density at radius 1 is 1.27 bits per heavy atom. The summed E-state index contributed by atoms with van der Waals surface area (Å²) in [4.78, 5) is 12.9. The Bertz CT molecular complexity index is 199. The molecule has 0 aliphatic rings. The number of hydrogen-bond acceptors (Lipinski definition) is 1. The topological polar surface area (TPSA) is 20.3 Å². The molecule has 0 N–H and O–H groups in total. The lowest BCUT2D eigenvalue weighted by Crippen LogP contribution is -2.31. The minimum absolute atomic E-state index is 0.0254. The number of carbonyl (C=O) groups excluding carboxylic acids is 1. The predicted octanol–water partition coefficient (Wildman–Crippen LogP) is 2.83. The fraction of sp³-hybridized carbons (Fsp3) is 0.900. The summed E-state index contributed by atoms with van der Waals surface area (Å²) in [5.74, 6) is -1.60.